The summed E-state index contributed by atoms with van der Waals surface area (Å²) in [6.45, 7) is 3.82. The zero-order valence-corrected chi connectivity index (χ0v) is 15.7. The van der Waals surface area contributed by atoms with Crippen molar-refractivity contribution in [3.05, 3.63) is 35.4 Å². The zero-order chi connectivity index (χ0) is 19.1. The fourth-order valence-electron chi connectivity index (χ4n) is 3.64. The van der Waals surface area contributed by atoms with E-state index in [1.807, 2.05) is 6.92 Å². The van der Waals surface area contributed by atoms with Crippen LogP contribution in [-0.2, 0) is 14.6 Å². The third kappa shape index (κ3) is 3.13. The fourth-order valence-corrected chi connectivity index (χ4v) is 5.38. The number of sulfone groups is 1. The number of benzene rings is 1. The van der Waals surface area contributed by atoms with Crippen LogP contribution in [0.5, 0.6) is 0 Å². The number of hydrogen-bond donors (Lipinski definition) is 0. The zero-order valence-electron chi connectivity index (χ0n) is 14.8. The van der Waals surface area contributed by atoms with E-state index in [4.69, 9.17) is 0 Å². The number of hydrogen-bond acceptors (Lipinski definition) is 5. The van der Waals surface area contributed by atoms with Gasteiger partial charge in [-0.25, -0.2) is 8.42 Å². The molecule has 0 saturated carbocycles. The second kappa shape index (κ2) is 6.83. The Kier molecular flexibility index (Phi) is 4.88. The molecule has 8 heteroatoms. The summed E-state index contributed by atoms with van der Waals surface area (Å²) < 4.78 is 23.6. The Bertz CT molecular complexity index is 829. The summed E-state index contributed by atoms with van der Waals surface area (Å²) >= 11 is 0. The molecule has 2 unspecified atom stereocenters. The molecular formula is C18H22N2O5S. The van der Waals surface area contributed by atoms with Gasteiger partial charge in [-0.05, 0) is 31.9 Å². The van der Waals surface area contributed by atoms with E-state index < -0.39 is 33.7 Å². The molecule has 0 spiro atoms. The average Bonchev–Trinajstić information content (AvgIpc) is 3.09. The summed E-state index contributed by atoms with van der Waals surface area (Å²) in [7, 11) is -3.14. The van der Waals surface area contributed by atoms with Crippen molar-refractivity contribution >= 4 is 27.6 Å². The van der Waals surface area contributed by atoms with Crippen LogP contribution in [-0.4, -0.2) is 66.1 Å². The first-order chi connectivity index (χ1) is 12.3. The summed E-state index contributed by atoms with van der Waals surface area (Å²) in [4.78, 5) is 40.7. The van der Waals surface area contributed by atoms with Crippen molar-refractivity contribution < 1.29 is 22.8 Å². The summed E-state index contributed by atoms with van der Waals surface area (Å²) in [5.41, 5.74) is 0.588. The van der Waals surface area contributed by atoms with Gasteiger partial charge in [0.05, 0.1) is 22.6 Å². The molecule has 1 fully saturated rings. The van der Waals surface area contributed by atoms with Gasteiger partial charge in [-0.2, -0.15) is 0 Å². The van der Waals surface area contributed by atoms with Gasteiger partial charge in [-0.1, -0.05) is 19.1 Å². The maximum absolute atomic E-state index is 13.0. The van der Waals surface area contributed by atoms with Gasteiger partial charge >= 0.3 is 0 Å². The Labute approximate surface area is 152 Å². The van der Waals surface area contributed by atoms with Gasteiger partial charge < -0.3 is 4.90 Å². The smallest absolute Gasteiger partial charge is 0.262 e. The lowest BCUT2D eigenvalue weighted by Crippen LogP contribution is -2.52. The number of nitrogens with zero attached hydrogens (tertiary/aromatic N) is 2. The largest absolute Gasteiger partial charge is 0.337 e. The number of imide groups is 1. The highest BCUT2D eigenvalue weighted by molar-refractivity contribution is 7.91. The van der Waals surface area contributed by atoms with E-state index in [-0.39, 0.29) is 17.4 Å². The molecule has 1 saturated heterocycles. The van der Waals surface area contributed by atoms with Crippen LogP contribution in [0.2, 0.25) is 0 Å². The van der Waals surface area contributed by atoms with E-state index in [0.29, 0.717) is 30.5 Å². The van der Waals surface area contributed by atoms with Crippen molar-refractivity contribution in [3.8, 4) is 0 Å². The van der Waals surface area contributed by atoms with Crippen molar-refractivity contribution in [2.45, 2.75) is 38.8 Å². The molecule has 2 atom stereocenters. The molecule has 1 aromatic rings. The minimum atomic E-state index is -3.14. The predicted molar refractivity (Wildman–Crippen MR) is 95.5 cm³/mol. The molecule has 2 heterocycles. The van der Waals surface area contributed by atoms with Gasteiger partial charge in [0.1, 0.15) is 6.04 Å². The van der Waals surface area contributed by atoms with E-state index in [1.54, 1.807) is 24.3 Å². The third-order valence-corrected chi connectivity index (χ3v) is 6.72. The minimum absolute atomic E-state index is 0.0619. The van der Waals surface area contributed by atoms with Gasteiger partial charge in [-0.15, -0.1) is 0 Å². The molecule has 2 aliphatic rings. The van der Waals surface area contributed by atoms with Crippen LogP contribution in [0, 0.1) is 0 Å². The Morgan fingerprint density at radius 1 is 1.23 bits per heavy atom. The van der Waals surface area contributed by atoms with E-state index in [2.05, 4.69) is 0 Å². The van der Waals surface area contributed by atoms with E-state index in [1.165, 1.54) is 11.8 Å². The van der Waals surface area contributed by atoms with E-state index in [0.717, 1.165) is 4.90 Å². The summed E-state index contributed by atoms with van der Waals surface area (Å²) in [5.74, 6) is -1.35. The van der Waals surface area contributed by atoms with Crippen LogP contribution in [0.15, 0.2) is 24.3 Å². The molecule has 0 aromatic heterocycles. The van der Waals surface area contributed by atoms with E-state index in [9.17, 15) is 22.8 Å². The van der Waals surface area contributed by atoms with Crippen molar-refractivity contribution in [3.63, 3.8) is 0 Å². The predicted octanol–water partition coefficient (Wildman–Crippen LogP) is 1.10. The van der Waals surface area contributed by atoms with Crippen LogP contribution in [0.1, 0.15) is 47.4 Å². The van der Waals surface area contributed by atoms with Gasteiger partial charge in [0.2, 0.25) is 5.91 Å². The van der Waals surface area contributed by atoms with Crippen LogP contribution in [0.4, 0.5) is 0 Å². The van der Waals surface area contributed by atoms with Crippen molar-refractivity contribution in [1.82, 2.24) is 9.80 Å². The van der Waals surface area contributed by atoms with Gasteiger partial charge in [-0.3, -0.25) is 19.3 Å². The number of carbonyl (C=O) groups is 3. The second-order valence-corrected chi connectivity index (χ2v) is 9.02. The van der Waals surface area contributed by atoms with Crippen LogP contribution < -0.4 is 0 Å². The lowest BCUT2D eigenvalue weighted by molar-refractivity contribution is -0.136. The molecule has 0 radical (unpaired) electrons. The van der Waals surface area contributed by atoms with Crippen LogP contribution >= 0.6 is 0 Å². The Balaban J connectivity index is 1.84. The SMILES string of the molecule is CCCN(C(=O)C(C)N1C(=O)c2ccccc2C1=O)C1CCS(=O)(=O)C1. The second-order valence-electron chi connectivity index (χ2n) is 6.79. The molecule has 1 aromatic carbocycles. The highest BCUT2D eigenvalue weighted by Gasteiger charge is 2.43. The third-order valence-electron chi connectivity index (χ3n) is 4.97. The number of rotatable bonds is 5. The Hall–Kier alpha value is -2.22. The van der Waals surface area contributed by atoms with Crippen molar-refractivity contribution in [1.29, 1.82) is 0 Å². The quantitative estimate of drug-likeness (QED) is 0.716. The summed E-state index contributed by atoms with van der Waals surface area (Å²) in [6.07, 6.45) is 1.06. The molecule has 0 bridgehead atoms. The molecular weight excluding hydrogens is 356 g/mol. The van der Waals surface area contributed by atoms with Crippen LogP contribution in [0.25, 0.3) is 0 Å². The topological polar surface area (TPSA) is 91.8 Å². The maximum Gasteiger partial charge on any atom is 0.262 e. The fraction of sp³-hybridized carbons (Fsp3) is 0.500. The molecule has 3 rings (SSSR count). The number of carbonyl (C=O) groups excluding carboxylic acids is 3. The lowest BCUT2D eigenvalue weighted by Gasteiger charge is -2.33. The minimum Gasteiger partial charge on any atom is -0.337 e. The molecule has 7 nitrogen and oxygen atoms in total. The monoisotopic (exact) mass is 378 g/mol. The molecule has 3 amide bonds. The molecule has 140 valence electrons. The number of fused-ring (bicyclic) bond motifs is 1. The van der Waals surface area contributed by atoms with Gasteiger partial charge in [0.25, 0.3) is 11.8 Å². The maximum atomic E-state index is 13.0. The first-order valence-corrected chi connectivity index (χ1v) is 10.6. The molecule has 0 aliphatic carbocycles. The molecule has 0 N–H and O–H groups in total. The highest BCUT2D eigenvalue weighted by Crippen LogP contribution is 2.26. The molecule has 2 aliphatic heterocycles. The molecule has 26 heavy (non-hydrogen) atoms. The van der Waals surface area contributed by atoms with Crippen LogP contribution in [0.3, 0.4) is 0 Å². The normalized spacial score (nSPS) is 22.4. The standard InChI is InChI=1S/C18H22N2O5S/c1-3-9-19(13-8-10-26(24,25)11-13)16(21)12(2)20-17(22)14-6-4-5-7-15(14)18(20)23/h4-7,12-13H,3,8-11H2,1-2H3. The first-order valence-electron chi connectivity index (χ1n) is 8.74. The number of amides is 3. The first kappa shape index (κ1) is 18.6. The van der Waals surface area contributed by atoms with Crippen molar-refractivity contribution in [2.24, 2.45) is 0 Å². The Morgan fingerprint density at radius 2 is 1.81 bits per heavy atom. The summed E-state index contributed by atoms with van der Waals surface area (Å²) in [5, 5.41) is 0. The van der Waals surface area contributed by atoms with Gasteiger partial charge in [0, 0.05) is 12.6 Å². The lowest BCUT2D eigenvalue weighted by atomic mass is 10.1. The van der Waals surface area contributed by atoms with Gasteiger partial charge in [0.15, 0.2) is 9.84 Å². The average molecular weight is 378 g/mol. The van der Waals surface area contributed by atoms with E-state index >= 15 is 0 Å². The highest BCUT2D eigenvalue weighted by atomic mass is 32.2. The van der Waals surface area contributed by atoms with Crippen molar-refractivity contribution in [2.75, 3.05) is 18.1 Å². The Morgan fingerprint density at radius 3 is 2.27 bits per heavy atom. The summed E-state index contributed by atoms with van der Waals surface area (Å²) in [6, 6.07) is 5.11.